The number of hydrogen-bond donors (Lipinski definition) is 0. The fourth-order valence-corrected chi connectivity index (χ4v) is 1.39. The molecule has 2 nitrogen and oxygen atoms in total. The molecular formula is C11H20O2. The van der Waals surface area contributed by atoms with Gasteiger partial charge in [-0.05, 0) is 13.3 Å². The molecule has 13 heavy (non-hydrogen) atoms. The molecule has 0 aliphatic heterocycles. The highest BCUT2D eigenvalue weighted by Crippen LogP contribution is 2.26. The molecular weight excluding hydrogens is 164 g/mol. The summed E-state index contributed by atoms with van der Waals surface area (Å²) in [5.74, 6) is 0.459. The molecule has 0 fully saturated rings. The SMILES string of the molecule is CC(=O)CCC(C)(C)C(=O)C(C)C. The number of rotatable bonds is 5. The molecule has 0 spiro atoms. The van der Waals surface area contributed by atoms with Crippen molar-refractivity contribution in [3.63, 3.8) is 0 Å². The molecule has 0 bridgehead atoms. The van der Waals surface area contributed by atoms with Gasteiger partial charge < -0.3 is 4.79 Å². The topological polar surface area (TPSA) is 34.1 Å². The van der Waals surface area contributed by atoms with Gasteiger partial charge in [0.05, 0.1) is 0 Å². The van der Waals surface area contributed by atoms with Crippen LogP contribution in [0.2, 0.25) is 0 Å². The molecule has 0 atom stereocenters. The Bertz CT molecular complexity index is 202. The highest BCUT2D eigenvalue weighted by atomic mass is 16.1. The molecule has 0 amide bonds. The molecule has 0 saturated carbocycles. The zero-order valence-electron chi connectivity index (χ0n) is 9.31. The molecule has 0 N–H and O–H groups in total. The second kappa shape index (κ2) is 4.54. The zero-order chi connectivity index (χ0) is 10.6. The molecule has 0 rings (SSSR count). The summed E-state index contributed by atoms with van der Waals surface area (Å²) >= 11 is 0. The number of hydrogen-bond acceptors (Lipinski definition) is 2. The average Bonchev–Trinajstić information content (AvgIpc) is 1.99. The van der Waals surface area contributed by atoms with Crippen LogP contribution in [0.25, 0.3) is 0 Å². The lowest BCUT2D eigenvalue weighted by atomic mass is 9.78. The normalized spacial score (nSPS) is 11.8. The van der Waals surface area contributed by atoms with E-state index in [1.807, 2.05) is 27.7 Å². The van der Waals surface area contributed by atoms with Gasteiger partial charge in [0.15, 0.2) is 0 Å². The first kappa shape index (κ1) is 12.3. The Hall–Kier alpha value is -0.660. The van der Waals surface area contributed by atoms with Gasteiger partial charge >= 0.3 is 0 Å². The van der Waals surface area contributed by atoms with Crippen LogP contribution in [0.5, 0.6) is 0 Å². The van der Waals surface area contributed by atoms with Gasteiger partial charge in [-0.2, -0.15) is 0 Å². The Balaban J connectivity index is 4.22. The van der Waals surface area contributed by atoms with E-state index in [2.05, 4.69) is 0 Å². The summed E-state index contributed by atoms with van der Waals surface area (Å²) in [6, 6.07) is 0. The Labute approximate surface area is 80.7 Å². The van der Waals surface area contributed by atoms with Crippen LogP contribution in [0.15, 0.2) is 0 Å². The largest absolute Gasteiger partial charge is 0.300 e. The van der Waals surface area contributed by atoms with E-state index in [0.29, 0.717) is 12.8 Å². The van der Waals surface area contributed by atoms with Crippen LogP contribution in [0, 0.1) is 11.3 Å². The highest BCUT2D eigenvalue weighted by molar-refractivity contribution is 5.86. The van der Waals surface area contributed by atoms with Crippen molar-refractivity contribution in [2.75, 3.05) is 0 Å². The van der Waals surface area contributed by atoms with Crippen molar-refractivity contribution in [3.8, 4) is 0 Å². The van der Waals surface area contributed by atoms with Crippen molar-refractivity contribution in [1.82, 2.24) is 0 Å². The fraction of sp³-hybridized carbons (Fsp3) is 0.818. The number of Topliss-reactive ketones (excluding diaryl/α,β-unsaturated/α-hetero) is 2. The molecule has 0 aromatic heterocycles. The third-order valence-electron chi connectivity index (χ3n) is 2.29. The maximum atomic E-state index is 11.7. The second-order valence-electron chi connectivity index (χ2n) is 4.60. The molecule has 0 aromatic rings. The quantitative estimate of drug-likeness (QED) is 0.658. The minimum atomic E-state index is -0.347. The van der Waals surface area contributed by atoms with Gasteiger partial charge in [-0.3, -0.25) is 4.79 Å². The Morgan fingerprint density at radius 1 is 1.23 bits per heavy atom. The monoisotopic (exact) mass is 184 g/mol. The Morgan fingerprint density at radius 2 is 1.69 bits per heavy atom. The lowest BCUT2D eigenvalue weighted by Gasteiger charge is -2.24. The first-order chi connectivity index (χ1) is 5.77. The van der Waals surface area contributed by atoms with Crippen molar-refractivity contribution in [2.24, 2.45) is 11.3 Å². The third-order valence-corrected chi connectivity index (χ3v) is 2.29. The smallest absolute Gasteiger partial charge is 0.141 e. The second-order valence-corrected chi connectivity index (χ2v) is 4.60. The molecule has 0 unspecified atom stereocenters. The average molecular weight is 184 g/mol. The van der Waals surface area contributed by atoms with E-state index < -0.39 is 0 Å². The first-order valence-corrected chi connectivity index (χ1v) is 4.81. The maximum Gasteiger partial charge on any atom is 0.141 e. The molecule has 0 heterocycles. The van der Waals surface area contributed by atoms with E-state index in [1.54, 1.807) is 6.92 Å². The van der Waals surface area contributed by atoms with Crippen LogP contribution >= 0.6 is 0 Å². The van der Waals surface area contributed by atoms with Crippen LogP contribution in [0.3, 0.4) is 0 Å². The van der Waals surface area contributed by atoms with Crippen LogP contribution in [0.4, 0.5) is 0 Å². The predicted octanol–water partition coefficient (Wildman–Crippen LogP) is 2.61. The van der Waals surface area contributed by atoms with Crippen LogP contribution < -0.4 is 0 Å². The standard InChI is InChI=1S/C11H20O2/c1-8(2)10(13)11(4,5)7-6-9(3)12/h8H,6-7H2,1-5H3. The van der Waals surface area contributed by atoms with Crippen LogP contribution in [-0.2, 0) is 9.59 Å². The van der Waals surface area contributed by atoms with E-state index in [-0.39, 0.29) is 22.9 Å². The summed E-state index contributed by atoms with van der Waals surface area (Å²) in [5, 5.41) is 0. The molecule has 0 aromatic carbocycles. The number of ketones is 2. The Morgan fingerprint density at radius 3 is 2.00 bits per heavy atom. The van der Waals surface area contributed by atoms with Gasteiger partial charge in [0.25, 0.3) is 0 Å². The minimum absolute atomic E-state index is 0.0574. The minimum Gasteiger partial charge on any atom is -0.300 e. The lowest BCUT2D eigenvalue weighted by molar-refractivity contribution is -0.131. The summed E-state index contributed by atoms with van der Waals surface area (Å²) in [6.07, 6.45) is 1.17. The first-order valence-electron chi connectivity index (χ1n) is 4.81. The maximum absolute atomic E-state index is 11.7. The van der Waals surface area contributed by atoms with Gasteiger partial charge in [-0.15, -0.1) is 0 Å². The summed E-state index contributed by atoms with van der Waals surface area (Å²) in [6.45, 7) is 9.20. The van der Waals surface area contributed by atoms with Gasteiger partial charge in [0.2, 0.25) is 0 Å². The van der Waals surface area contributed by atoms with Gasteiger partial charge in [0.1, 0.15) is 11.6 Å². The van der Waals surface area contributed by atoms with Crippen molar-refractivity contribution >= 4 is 11.6 Å². The van der Waals surface area contributed by atoms with E-state index in [1.165, 1.54) is 0 Å². The van der Waals surface area contributed by atoms with E-state index in [4.69, 9.17) is 0 Å². The molecule has 0 saturated heterocycles. The molecule has 0 radical (unpaired) electrons. The molecule has 2 heteroatoms. The summed E-state index contributed by atoms with van der Waals surface area (Å²) in [5.41, 5.74) is -0.347. The van der Waals surface area contributed by atoms with E-state index in [9.17, 15) is 9.59 Å². The summed E-state index contributed by atoms with van der Waals surface area (Å²) in [7, 11) is 0. The van der Waals surface area contributed by atoms with Crippen molar-refractivity contribution in [1.29, 1.82) is 0 Å². The van der Waals surface area contributed by atoms with Crippen molar-refractivity contribution < 1.29 is 9.59 Å². The fourth-order valence-electron chi connectivity index (χ4n) is 1.39. The number of carbonyl (C=O) groups is 2. The van der Waals surface area contributed by atoms with Gasteiger partial charge in [-0.1, -0.05) is 27.7 Å². The molecule has 0 aliphatic rings. The predicted molar refractivity (Wildman–Crippen MR) is 53.5 cm³/mol. The lowest BCUT2D eigenvalue weighted by Crippen LogP contribution is -2.28. The Kier molecular flexibility index (Phi) is 4.31. The molecule has 76 valence electrons. The highest BCUT2D eigenvalue weighted by Gasteiger charge is 2.29. The van der Waals surface area contributed by atoms with E-state index >= 15 is 0 Å². The van der Waals surface area contributed by atoms with E-state index in [0.717, 1.165) is 0 Å². The van der Waals surface area contributed by atoms with Crippen molar-refractivity contribution in [3.05, 3.63) is 0 Å². The number of carbonyl (C=O) groups excluding carboxylic acids is 2. The summed E-state index contributed by atoms with van der Waals surface area (Å²) < 4.78 is 0. The van der Waals surface area contributed by atoms with Crippen LogP contribution in [-0.4, -0.2) is 11.6 Å². The molecule has 0 aliphatic carbocycles. The summed E-state index contributed by atoms with van der Waals surface area (Å²) in [4.78, 5) is 22.4. The van der Waals surface area contributed by atoms with Crippen molar-refractivity contribution in [2.45, 2.75) is 47.5 Å². The van der Waals surface area contributed by atoms with Gasteiger partial charge in [-0.25, -0.2) is 0 Å². The third kappa shape index (κ3) is 4.20. The van der Waals surface area contributed by atoms with Crippen LogP contribution in [0.1, 0.15) is 47.5 Å². The van der Waals surface area contributed by atoms with Gasteiger partial charge in [0, 0.05) is 17.8 Å². The zero-order valence-corrected chi connectivity index (χ0v) is 9.31.